The van der Waals surface area contributed by atoms with Crippen molar-refractivity contribution in [2.45, 2.75) is 80.4 Å². The number of carbonyl (C=O) groups is 3. The molecule has 0 saturated carbocycles. The predicted molar refractivity (Wildman–Crippen MR) is 153 cm³/mol. The number of aromatic nitrogens is 1. The van der Waals surface area contributed by atoms with Crippen LogP contribution < -0.4 is 16.0 Å². The molecule has 0 aliphatic rings. The Morgan fingerprint density at radius 3 is 1.71 bits per heavy atom. The molecule has 1 aromatic heterocycles. The lowest BCUT2D eigenvalue weighted by molar-refractivity contribution is 0.0624. The first kappa shape index (κ1) is 28.9. The molecule has 0 aliphatic heterocycles. The van der Waals surface area contributed by atoms with Crippen LogP contribution in [0.2, 0.25) is 0 Å². The number of anilines is 3. The third-order valence-electron chi connectivity index (χ3n) is 5.75. The lowest BCUT2D eigenvalue weighted by Gasteiger charge is -2.24. The summed E-state index contributed by atoms with van der Waals surface area (Å²) in [7, 11) is 0. The van der Waals surface area contributed by atoms with Crippen LogP contribution in [0.5, 0.6) is 0 Å². The fraction of sp³-hybridized carbons (Fsp3) is 0.429. The average molecular weight is 541 g/mol. The standard InChI is InChI=1S/C28H36N4O5S/c1-14-16(3)22(31-25(34)36-27(5,6)7)17(4)15(2)21(14)30-23(33)18-11-12-19-20(13-18)38-24(29-19)32-26(35)37-28(8,9)10/h11-13H,1-10H3,(H,30,33)(H,31,34)(H,29,32,35). The number of fused-ring (bicyclic) bond motifs is 1. The maximum atomic E-state index is 13.2. The SMILES string of the molecule is Cc1c(C)c(NC(=O)c2ccc3nc(NC(=O)OC(C)(C)C)sc3c2)c(C)c(C)c1NC(=O)OC(C)(C)C. The number of nitrogens with one attached hydrogen (secondary N) is 3. The normalized spacial score (nSPS) is 11.7. The van der Waals surface area contributed by atoms with Gasteiger partial charge in [0.25, 0.3) is 5.91 Å². The summed E-state index contributed by atoms with van der Waals surface area (Å²) in [5.41, 5.74) is 4.60. The van der Waals surface area contributed by atoms with Gasteiger partial charge in [-0.3, -0.25) is 15.4 Å². The van der Waals surface area contributed by atoms with Gasteiger partial charge in [0, 0.05) is 11.3 Å². The van der Waals surface area contributed by atoms with E-state index in [0.717, 1.165) is 27.0 Å². The second kappa shape index (κ2) is 10.6. The van der Waals surface area contributed by atoms with Gasteiger partial charge in [0.15, 0.2) is 5.13 Å². The molecule has 3 N–H and O–H groups in total. The Hall–Kier alpha value is -3.66. The van der Waals surface area contributed by atoms with E-state index in [0.29, 0.717) is 27.6 Å². The molecule has 3 amide bonds. The molecule has 38 heavy (non-hydrogen) atoms. The summed E-state index contributed by atoms with van der Waals surface area (Å²) in [6, 6.07) is 5.17. The molecular weight excluding hydrogens is 504 g/mol. The number of benzene rings is 2. The van der Waals surface area contributed by atoms with Gasteiger partial charge in [-0.15, -0.1) is 0 Å². The van der Waals surface area contributed by atoms with E-state index >= 15 is 0 Å². The van der Waals surface area contributed by atoms with Crippen LogP contribution >= 0.6 is 11.3 Å². The summed E-state index contributed by atoms with van der Waals surface area (Å²) < 4.78 is 11.4. The quantitative estimate of drug-likeness (QED) is 0.316. The molecule has 0 radical (unpaired) electrons. The van der Waals surface area contributed by atoms with Gasteiger partial charge in [0.2, 0.25) is 0 Å². The van der Waals surface area contributed by atoms with E-state index in [1.54, 1.807) is 39.0 Å². The maximum Gasteiger partial charge on any atom is 0.413 e. The largest absolute Gasteiger partial charge is 0.444 e. The van der Waals surface area contributed by atoms with Crippen molar-refractivity contribution in [1.82, 2.24) is 4.98 Å². The van der Waals surface area contributed by atoms with Gasteiger partial charge in [-0.2, -0.15) is 0 Å². The van der Waals surface area contributed by atoms with Gasteiger partial charge in [-0.1, -0.05) is 11.3 Å². The second-order valence-corrected chi connectivity index (χ2v) is 12.2. The number of carbonyl (C=O) groups excluding carboxylic acids is 3. The van der Waals surface area contributed by atoms with Crippen LogP contribution in [0.1, 0.15) is 74.2 Å². The highest BCUT2D eigenvalue weighted by atomic mass is 32.1. The van der Waals surface area contributed by atoms with Gasteiger partial charge >= 0.3 is 12.2 Å². The fourth-order valence-corrected chi connectivity index (χ4v) is 4.68. The number of ether oxygens (including phenoxy) is 2. The monoisotopic (exact) mass is 540 g/mol. The van der Waals surface area contributed by atoms with Crippen molar-refractivity contribution in [2.24, 2.45) is 0 Å². The Kier molecular flexibility index (Phi) is 8.07. The molecular formula is C28H36N4O5S. The van der Waals surface area contributed by atoms with Crippen molar-refractivity contribution in [3.63, 3.8) is 0 Å². The number of rotatable bonds is 4. The molecule has 9 nitrogen and oxygen atoms in total. The molecule has 0 spiro atoms. The van der Waals surface area contributed by atoms with Crippen molar-refractivity contribution < 1.29 is 23.9 Å². The van der Waals surface area contributed by atoms with E-state index in [9.17, 15) is 14.4 Å². The van der Waals surface area contributed by atoms with E-state index in [1.165, 1.54) is 11.3 Å². The van der Waals surface area contributed by atoms with E-state index in [2.05, 4.69) is 20.9 Å². The average Bonchev–Trinajstić information content (AvgIpc) is 3.16. The first-order chi connectivity index (χ1) is 17.4. The molecule has 10 heteroatoms. The van der Waals surface area contributed by atoms with Gasteiger partial charge in [-0.25, -0.2) is 14.6 Å². The Labute approximate surface area is 227 Å². The number of thiazole rings is 1. The summed E-state index contributed by atoms with van der Waals surface area (Å²) in [4.78, 5) is 42.1. The number of hydrogen-bond donors (Lipinski definition) is 3. The summed E-state index contributed by atoms with van der Waals surface area (Å²) >= 11 is 1.26. The zero-order valence-corrected chi connectivity index (χ0v) is 24.4. The molecule has 0 aliphatic carbocycles. The van der Waals surface area contributed by atoms with E-state index in [-0.39, 0.29) is 5.91 Å². The summed E-state index contributed by atoms with van der Waals surface area (Å²) in [6.07, 6.45) is -1.12. The zero-order valence-electron chi connectivity index (χ0n) is 23.6. The Morgan fingerprint density at radius 1 is 0.737 bits per heavy atom. The van der Waals surface area contributed by atoms with Crippen LogP contribution in [0.4, 0.5) is 26.1 Å². The number of hydrogen-bond acceptors (Lipinski definition) is 7. The van der Waals surface area contributed by atoms with Crippen molar-refractivity contribution in [2.75, 3.05) is 16.0 Å². The van der Waals surface area contributed by atoms with Crippen molar-refractivity contribution in [3.8, 4) is 0 Å². The Morgan fingerprint density at radius 2 is 1.21 bits per heavy atom. The van der Waals surface area contributed by atoms with Gasteiger partial charge < -0.3 is 14.8 Å². The molecule has 3 rings (SSSR count). The molecule has 2 aromatic carbocycles. The molecule has 0 fully saturated rings. The lowest BCUT2D eigenvalue weighted by atomic mass is 9.95. The van der Waals surface area contributed by atoms with Crippen LogP contribution in [-0.4, -0.2) is 34.3 Å². The first-order valence-electron chi connectivity index (χ1n) is 12.3. The zero-order chi connectivity index (χ0) is 28.6. The minimum atomic E-state index is -0.622. The lowest BCUT2D eigenvalue weighted by Crippen LogP contribution is -2.28. The van der Waals surface area contributed by atoms with Crippen LogP contribution in [0.3, 0.4) is 0 Å². The minimum absolute atomic E-state index is 0.278. The summed E-state index contributed by atoms with van der Waals surface area (Å²) in [6.45, 7) is 18.4. The van der Waals surface area contributed by atoms with E-state index in [1.807, 2.05) is 48.5 Å². The van der Waals surface area contributed by atoms with Crippen LogP contribution in [0.25, 0.3) is 10.2 Å². The second-order valence-electron chi connectivity index (χ2n) is 11.2. The molecule has 0 bridgehead atoms. The summed E-state index contributed by atoms with van der Waals surface area (Å²) in [5.74, 6) is -0.278. The minimum Gasteiger partial charge on any atom is -0.444 e. The molecule has 3 aromatic rings. The number of amides is 3. The van der Waals surface area contributed by atoms with Crippen molar-refractivity contribution in [1.29, 1.82) is 0 Å². The van der Waals surface area contributed by atoms with Crippen molar-refractivity contribution >= 4 is 56.2 Å². The van der Waals surface area contributed by atoms with Gasteiger partial charge in [0.1, 0.15) is 11.2 Å². The molecule has 1 heterocycles. The molecule has 0 atom stereocenters. The highest BCUT2D eigenvalue weighted by Gasteiger charge is 2.22. The van der Waals surface area contributed by atoms with Gasteiger partial charge in [-0.05, 0) is 110 Å². The van der Waals surface area contributed by atoms with Crippen molar-refractivity contribution in [3.05, 3.63) is 46.0 Å². The molecule has 204 valence electrons. The highest BCUT2D eigenvalue weighted by molar-refractivity contribution is 7.22. The summed E-state index contributed by atoms with van der Waals surface area (Å²) in [5, 5.41) is 8.92. The molecule has 0 saturated heterocycles. The Balaban J connectivity index is 1.82. The number of nitrogens with zero attached hydrogens (tertiary/aromatic N) is 1. The highest BCUT2D eigenvalue weighted by Crippen LogP contribution is 2.35. The first-order valence-corrected chi connectivity index (χ1v) is 13.1. The smallest absolute Gasteiger partial charge is 0.413 e. The Bertz CT molecular complexity index is 1380. The van der Waals surface area contributed by atoms with Crippen LogP contribution in [0, 0.1) is 27.7 Å². The van der Waals surface area contributed by atoms with E-state index in [4.69, 9.17) is 9.47 Å². The van der Waals surface area contributed by atoms with Crippen LogP contribution in [0.15, 0.2) is 18.2 Å². The van der Waals surface area contributed by atoms with Crippen LogP contribution in [-0.2, 0) is 9.47 Å². The van der Waals surface area contributed by atoms with Gasteiger partial charge in [0.05, 0.1) is 15.9 Å². The maximum absolute atomic E-state index is 13.2. The van der Waals surface area contributed by atoms with E-state index < -0.39 is 23.4 Å². The predicted octanol–water partition coefficient (Wildman–Crippen LogP) is 7.48. The third kappa shape index (κ3) is 7.00. The third-order valence-corrected chi connectivity index (χ3v) is 6.68. The topological polar surface area (TPSA) is 119 Å². The molecule has 0 unspecified atom stereocenters. The fourth-order valence-electron chi connectivity index (χ4n) is 3.79.